The predicted octanol–water partition coefficient (Wildman–Crippen LogP) is 8.48. The molecule has 0 atom stereocenters. The van der Waals surface area contributed by atoms with Crippen LogP contribution in [0.4, 0.5) is 0 Å². The van der Waals surface area contributed by atoms with Crippen LogP contribution < -0.4 is 0 Å². The summed E-state index contributed by atoms with van der Waals surface area (Å²) in [6, 6.07) is 12.0. The van der Waals surface area contributed by atoms with Crippen LogP contribution in [0.1, 0.15) is 103 Å². The summed E-state index contributed by atoms with van der Waals surface area (Å²) in [5.74, 6) is 0.866. The summed E-state index contributed by atoms with van der Waals surface area (Å²) < 4.78 is 0. The second kappa shape index (κ2) is 6.62. The van der Waals surface area contributed by atoms with Gasteiger partial charge in [0.15, 0.2) is 0 Å². The molecule has 1 nitrogen and oxygen atoms in total. The molecule has 1 aliphatic heterocycles. The van der Waals surface area contributed by atoms with E-state index < -0.39 is 0 Å². The Morgan fingerprint density at radius 2 is 1.50 bits per heavy atom. The van der Waals surface area contributed by atoms with Gasteiger partial charge in [-0.25, -0.2) is 0 Å². The van der Waals surface area contributed by atoms with E-state index in [2.05, 4.69) is 76.9 Å². The molecule has 1 aromatic carbocycles. The molecular weight excluding hydrogens is 362 g/mol. The van der Waals surface area contributed by atoms with Crippen LogP contribution in [0.5, 0.6) is 0 Å². The van der Waals surface area contributed by atoms with Gasteiger partial charge in [0.25, 0.3) is 0 Å². The van der Waals surface area contributed by atoms with Crippen molar-refractivity contribution in [3.63, 3.8) is 0 Å². The first-order chi connectivity index (χ1) is 14.1. The van der Waals surface area contributed by atoms with Crippen molar-refractivity contribution in [3.05, 3.63) is 47.2 Å². The molecule has 2 saturated carbocycles. The molecule has 5 rings (SSSR count). The molecule has 0 bridgehead atoms. The highest BCUT2D eigenvalue weighted by Gasteiger charge is 2.49. The van der Waals surface area contributed by atoms with Crippen molar-refractivity contribution in [3.8, 4) is 11.3 Å². The van der Waals surface area contributed by atoms with Crippen LogP contribution in [-0.4, -0.2) is 4.98 Å². The van der Waals surface area contributed by atoms with Gasteiger partial charge in [0.05, 0.1) is 5.69 Å². The van der Waals surface area contributed by atoms with Crippen molar-refractivity contribution in [1.29, 1.82) is 0 Å². The Balaban J connectivity index is 1.84. The summed E-state index contributed by atoms with van der Waals surface area (Å²) in [4.78, 5) is 3.98. The zero-order valence-corrected chi connectivity index (χ0v) is 19.9. The summed E-state index contributed by atoms with van der Waals surface area (Å²) in [5, 5.41) is 2.99. The zero-order valence-electron chi connectivity index (χ0n) is 19.9. The molecule has 2 fully saturated rings. The van der Waals surface area contributed by atoms with E-state index in [0.717, 1.165) is 5.92 Å². The van der Waals surface area contributed by atoms with Crippen LogP contribution in [0.15, 0.2) is 30.3 Å². The molecule has 160 valence electrons. The quantitative estimate of drug-likeness (QED) is 0.443. The number of rotatable bonds is 2. The van der Waals surface area contributed by atoms with Gasteiger partial charge in [0.2, 0.25) is 0 Å². The number of fused-ring (bicyclic) bond motifs is 3. The van der Waals surface area contributed by atoms with Gasteiger partial charge in [0.1, 0.15) is 0 Å². The lowest BCUT2D eigenvalue weighted by Crippen LogP contribution is -2.41. The molecule has 0 spiro atoms. The molecule has 0 radical (unpaired) electrons. The highest BCUT2D eigenvalue weighted by atomic mass is 14.8. The van der Waals surface area contributed by atoms with Gasteiger partial charge in [-0.1, -0.05) is 85.1 Å². The summed E-state index contributed by atoms with van der Waals surface area (Å²) in [7, 11) is 0. The highest BCUT2D eigenvalue weighted by molar-refractivity contribution is 6.06. The van der Waals surface area contributed by atoms with Crippen molar-refractivity contribution in [2.24, 2.45) is 5.92 Å². The number of benzene rings is 1. The molecule has 0 unspecified atom stereocenters. The number of H-pyrrole nitrogens is 1. The monoisotopic (exact) mass is 401 g/mol. The zero-order chi connectivity index (χ0) is 21.3. The van der Waals surface area contributed by atoms with Gasteiger partial charge in [0, 0.05) is 22.1 Å². The topological polar surface area (TPSA) is 15.8 Å². The fourth-order valence-electron chi connectivity index (χ4n) is 6.36. The van der Waals surface area contributed by atoms with E-state index in [9.17, 15) is 0 Å². The number of hydrogen-bond acceptors (Lipinski definition) is 0. The maximum absolute atomic E-state index is 3.98. The van der Waals surface area contributed by atoms with Crippen LogP contribution in [0.2, 0.25) is 0 Å². The predicted molar refractivity (Wildman–Crippen MR) is 130 cm³/mol. The first kappa shape index (κ1) is 20.2. The number of aromatic nitrogens is 1. The van der Waals surface area contributed by atoms with Gasteiger partial charge in [-0.15, -0.1) is 0 Å². The molecule has 1 N–H and O–H groups in total. The van der Waals surface area contributed by atoms with E-state index >= 15 is 0 Å². The smallest absolute Gasteiger partial charge is 0.0506 e. The summed E-state index contributed by atoms with van der Waals surface area (Å²) in [5.41, 5.74) is 8.05. The molecule has 3 aliphatic carbocycles. The lowest BCUT2D eigenvalue weighted by atomic mass is 9.56. The molecule has 30 heavy (non-hydrogen) atoms. The number of pyridine rings is 1. The van der Waals surface area contributed by atoms with Crippen LogP contribution in [0.25, 0.3) is 22.0 Å². The van der Waals surface area contributed by atoms with E-state index in [0.29, 0.717) is 5.41 Å². The van der Waals surface area contributed by atoms with Crippen molar-refractivity contribution in [2.75, 3.05) is 0 Å². The third kappa shape index (κ3) is 2.95. The third-order valence-electron chi connectivity index (χ3n) is 8.33. The van der Waals surface area contributed by atoms with Gasteiger partial charge < -0.3 is 4.98 Å². The Kier molecular flexibility index (Phi) is 4.45. The van der Waals surface area contributed by atoms with Crippen molar-refractivity contribution in [2.45, 2.75) is 103 Å². The average molecular weight is 402 g/mol. The molecule has 0 aromatic heterocycles. The van der Waals surface area contributed by atoms with E-state index in [4.69, 9.17) is 0 Å². The van der Waals surface area contributed by atoms with Crippen LogP contribution >= 0.6 is 0 Å². The van der Waals surface area contributed by atoms with Crippen LogP contribution in [-0.2, 0) is 16.2 Å². The summed E-state index contributed by atoms with van der Waals surface area (Å²) in [6.07, 6.45) is 9.83. The second-order valence-electron chi connectivity index (χ2n) is 12.3. The van der Waals surface area contributed by atoms with E-state index in [1.807, 2.05) is 0 Å². The first-order valence-electron chi connectivity index (χ1n) is 12.2. The molecule has 1 aromatic rings. The number of hydrogen-bond donors (Lipinski definition) is 1. The van der Waals surface area contributed by atoms with Crippen molar-refractivity contribution in [1.82, 2.24) is 4.98 Å². The normalized spacial score (nSPS) is 20.2. The minimum Gasteiger partial charge on any atom is -0.358 e. The van der Waals surface area contributed by atoms with Crippen molar-refractivity contribution < 1.29 is 0 Å². The van der Waals surface area contributed by atoms with E-state index in [-0.39, 0.29) is 10.8 Å². The fraction of sp³-hybridized carbons (Fsp3) is 0.586. The summed E-state index contributed by atoms with van der Waals surface area (Å²) in [6.45, 7) is 14.0. The minimum absolute atomic E-state index is 0.131. The largest absolute Gasteiger partial charge is 0.358 e. The number of aromatic amines is 1. The SMILES string of the molecule is CC(C)(C)c1ccc2c3ccc(C(C)(C)C)[nH]c-3c(C3(C4CCCC4)CCC3)c2c1. The first-order valence-corrected chi connectivity index (χ1v) is 12.2. The third-order valence-corrected chi connectivity index (χ3v) is 8.33. The van der Waals surface area contributed by atoms with Crippen LogP contribution in [0, 0.1) is 5.92 Å². The standard InChI is InChI=1S/C29H39N/c1-27(2,3)20-12-13-21-22-14-15-24(28(4,5)6)30-26(22)25(23(21)18-20)29(16-9-17-29)19-10-7-8-11-19/h12-15,18-19,30H,7-11,16-17H2,1-6H3. The number of nitrogens with one attached hydrogen (secondary N) is 1. The fourth-order valence-corrected chi connectivity index (χ4v) is 6.36. The van der Waals surface area contributed by atoms with Gasteiger partial charge in [-0.05, 0) is 65.0 Å². The highest BCUT2D eigenvalue weighted by Crippen LogP contribution is 2.59. The minimum atomic E-state index is 0.131. The maximum atomic E-state index is 3.98. The Hall–Kier alpha value is -1.76. The lowest BCUT2D eigenvalue weighted by molar-refractivity contribution is 0.150. The van der Waals surface area contributed by atoms with Gasteiger partial charge in [-0.2, -0.15) is 0 Å². The van der Waals surface area contributed by atoms with Gasteiger partial charge >= 0.3 is 0 Å². The second-order valence-corrected chi connectivity index (χ2v) is 12.3. The van der Waals surface area contributed by atoms with E-state index in [1.165, 1.54) is 78.2 Å². The summed E-state index contributed by atoms with van der Waals surface area (Å²) >= 11 is 0. The Morgan fingerprint density at radius 3 is 2.07 bits per heavy atom. The van der Waals surface area contributed by atoms with Crippen LogP contribution in [0.3, 0.4) is 0 Å². The Bertz CT molecular complexity index is 1030. The Labute approximate surface area is 183 Å². The average Bonchev–Trinajstić information content (AvgIpc) is 3.26. The maximum Gasteiger partial charge on any atom is 0.0506 e. The van der Waals surface area contributed by atoms with Crippen molar-refractivity contribution >= 4 is 10.8 Å². The molecule has 1 heterocycles. The molecule has 1 heteroatoms. The van der Waals surface area contributed by atoms with E-state index in [1.54, 1.807) is 5.56 Å². The lowest BCUT2D eigenvalue weighted by Gasteiger charge is -2.48. The Morgan fingerprint density at radius 1 is 0.800 bits per heavy atom. The molecule has 0 saturated heterocycles. The molecular formula is C29H39N. The molecule has 4 aliphatic rings. The van der Waals surface area contributed by atoms with Gasteiger partial charge in [-0.3, -0.25) is 0 Å². The molecule has 0 amide bonds.